The summed E-state index contributed by atoms with van der Waals surface area (Å²) in [6.07, 6.45) is 1.52. The average molecular weight is 425 g/mol. The van der Waals surface area contributed by atoms with Gasteiger partial charge < -0.3 is 9.47 Å². The molecule has 30 heavy (non-hydrogen) atoms. The molecule has 0 aromatic carbocycles. The molecule has 2 aliphatic carbocycles. The quantitative estimate of drug-likeness (QED) is 0.275. The molecule has 4 rings (SSSR count). The van der Waals surface area contributed by atoms with E-state index in [1.165, 1.54) is 18.5 Å². The second kappa shape index (κ2) is 7.46. The van der Waals surface area contributed by atoms with E-state index in [-0.39, 0.29) is 24.4 Å². The fourth-order valence-electron chi connectivity index (χ4n) is 2.92. The smallest absolute Gasteiger partial charge is 0.418 e. The van der Waals surface area contributed by atoms with Crippen molar-refractivity contribution in [2.24, 2.45) is 4.99 Å². The topological polar surface area (TPSA) is 73.9 Å². The molecule has 2 heterocycles. The minimum Gasteiger partial charge on any atom is -0.474 e. The van der Waals surface area contributed by atoms with Gasteiger partial charge in [0.1, 0.15) is 6.10 Å². The predicted molar refractivity (Wildman–Crippen MR) is 99.1 cm³/mol. The van der Waals surface area contributed by atoms with Crippen LogP contribution in [-0.4, -0.2) is 44.4 Å². The summed E-state index contributed by atoms with van der Waals surface area (Å²) in [6.45, 7) is 5.07. The molecule has 0 N–H and O–H groups in total. The molecule has 2 saturated carbocycles. The lowest BCUT2D eigenvalue weighted by Crippen LogP contribution is -2.41. The number of rotatable bonds is 8. The van der Waals surface area contributed by atoms with Crippen LogP contribution in [0.5, 0.6) is 0 Å². The van der Waals surface area contributed by atoms with Gasteiger partial charge in [0.05, 0.1) is 18.0 Å². The number of aromatic nitrogens is 4. The van der Waals surface area contributed by atoms with Crippen LogP contribution in [0, 0.1) is 0 Å². The van der Waals surface area contributed by atoms with Crippen molar-refractivity contribution in [3.63, 3.8) is 0 Å². The van der Waals surface area contributed by atoms with Gasteiger partial charge in [-0.15, -0.1) is 10.2 Å². The SMILES string of the molecule is C=N/C(=C\C=C(/C)c1cn2c(C(F)(F)OC3CC3)nnc2cn1)OC1CC(F)(F)C1. The number of nitrogens with zero attached hydrogens (tertiary/aromatic N) is 5. The molecule has 2 aliphatic rings. The van der Waals surface area contributed by atoms with Gasteiger partial charge in [-0.3, -0.25) is 9.38 Å². The normalized spacial score (nSPS) is 20.3. The Morgan fingerprint density at radius 3 is 2.63 bits per heavy atom. The summed E-state index contributed by atoms with van der Waals surface area (Å²) in [5, 5.41) is 7.27. The summed E-state index contributed by atoms with van der Waals surface area (Å²) in [7, 11) is 0. The molecule has 0 bridgehead atoms. The Morgan fingerprint density at radius 2 is 2.00 bits per heavy atom. The van der Waals surface area contributed by atoms with Crippen LogP contribution >= 0.6 is 0 Å². The van der Waals surface area contributed by atoms with E-state index in [9.17, 15) is 17.6 Å². The molecule has 2 aromatic rings. The number of aliphatic imine (C=N–C) groups is 1. The number of alkyl halides is 4. The van der Waals surface area contributed by atoms with Crippen molar-refractivity contribution in [2.45, 2.75) is 56.8 Å². The van der Waals surface area contributed by atoms with Gasteiger partial charge >= 0.3 is 6.11 Å². The third-order valence-corrected chi connectivity index (χ3v) is 4.77. The molecule has 2 fully saturated rings. The minimum absolute atomic E-state index is 0.0882. The van der Waals surface area contributed by atoms with E-state index in [1.807, 2.05) is 0 Å². The lowest BCUT2D eigenvalue weighted by atomic mass is 9.91. The highest BCUT2D eigenvalue weighted by molar-refractivity contribution is 5.62. The molecule has 0 amide bonds. The van der Waals surface area contributed by atoms with Crippen molar-refractivity contribution < 1.29 is 27.0 Å². The number of fused-ring (bicyclic) bond motifs is 1. The zero-order chi connectivity index (χ0) is 21.5. The molecule has 11 heteroatoms. The molecule has 0 unspecified atom stereocenters. The van der Waals surface area contributed by atoms with Crippen molar-refractivity contribution in [1.82, 2.24) is 19.6 Å². The van der Waals surface area contributed by atoms with Crippen LogP contribution in [-0.2, 0) is 15.6 Å². The van der Waals surface area contributed by atoms with Gasteiger partial charge in [-0.25, -0.2) is 13.8 Å². The predicted octanol–water partition coefficient (Wildman–Crippen LogP) is 4.11. The number of ether oxygens (including phenoxy) is 2. The van der Waals surface area contributed by atoms with Gasteiger partial charge in [0, 0.05) is 25.1 Å². The Hall–Kier alpha value is -2.82. The first-order valence-electron chi connectivity index (χ1n) is 9.34. The lowest BCUT2D eigenvalue weighted by molar-refractivity contribution is -0.261. The van der Waals surface area contributed by atoms with Crippen LogP contribution in [0.1, 0.15) is 44.1 Å². The maximum Gasteiger partial charge on any atom is 0.418 e. The molecule has 2 aromatic heterocycles. The molecular weight excluding hydrogens is 406 g/mol. The van der Waals surface area contributed by atoms with Crippen molar-refractivity contribution in [1.29, 1.82) is 0 Å². The summed E-state index contributed by atoms with van der Waals surface area (Å²) in [5.74, 6) is -3.24. The first-order chi connectivity index (χ1) is 14.2. The largest absolute Gasteiger partial charge is 0.474 e. The van der Waals surface area contributed by atoms with Crippen LogP contribution in [0.2, 0.25) is 0 Å². The van der Waals surface area contributed by atoms with Gasteiger partial charge in [0.25, 0.3) is 5.92 Å². The van der Waals surface area contributed by atoms with Gasteiger partial charge in [0.15, 0.2) is 5.65 Å². The van der Waals surface area contributed by atoms with E-state index < -0.39 is 30.1 Å². The average Bonchev–Trinajstić information content (AvgIpc) is 3.35. The molecule has 160 valence electrons. The maximum absolute atomic E-state index is 14.4. The van der Waals surface area contributed by atoms with Crippen molar-refractivity contribution >= 4 is 17.9 Å². The van der Waals surface area contributed by atoms with E-state index >= 15 is 0 Å². The standard InChI is InChI=1S/C19H19F4N5O2/c1-11(3-6-16(24-2)29-13-7-18(20,21)8-13)14-10-28-15(9-25-14)26-27-17(28)19(22,23)30-12-4-5-12/h3,6,9-10,12-13H,2,4-5,7-8H2,1H3/b11-3+,16-6+. The van der Waals surface area contributed by atoms with E-state index in [0.29, 0.717) is 24.1 Å². The van der Waals surface area contributed by atoms with E-state index in [4.69, 9.17) is 9.47 Å². The summed E-state index contributed by atoms with van der Waals surface area (Å²) in [5.41, 5.74) is 1.12. The molecular formula is C19H19F4N5O2. The molecule has 0 spiro atoms. The Morgan fingerprint density at radius 1 is 1.27 bits per heavy atom. The molecule has 7 nitrogen and oxygen atoms in total. The summed E-state index contributed by atoms with van der Waals surface area (Å²) in [4.78, 5) is 7.88. The van der Waals surface area contributed by atoms with Gasteiger partial charge in [-0.1, -0.05) is 6.08 Å². The number of halogens is 4. The third-order valence-electron chi connectivity index (χ3n) is 4.77. The van der Waals surface area contributed by atoms with Crippen LogP contribution < -0.4 is 0 Å². The Bertz CT molecular complexity index is 1020. The van der Waals surface area contributed by atoms with Gasteiger partial charge in [0.2, 0.25) is 11.7 Å². The van der Waals surface area contributed by atoms with Crippen molar-refractivity contribution in [3.8, 4) is 0 Å². The first-order valence-corrected chi connectivity index (χ1v) is 9.34. The van der Waals surface area contributed by atoms with Gasteiger partial charge in [-0.05, 0) is 32.1 Å². The second-order valence-electron chi connectivity index (χ2n) is 7.38. The summed E-state index contributed by atoms with van der Waals surface area (Å²) < 4.78 is 65.9. The Labute approximate surface area is 169 Å². The van der Waals surface area contributed by atoms with E-state index in [0.717, 1.165) is 4.40 Å². The highest BCUT2D eigenvalue weighted by atomic mass is 19.3. The van der Waals surface area contributed by atoms with Crippen molar-refractivity contribution in [3.05, 3.63) is 41.9 Å². The number of hydrogen-bond acceptors (Lipinski definition) is 6. The number of allylic oxidation sites excluding steroid dienone is 3. The third kappa shape index (κ3) is 4.35. The molecule has 0 radical (unpaired) electrons. The van der Waals surface area contributed by atoms with Gasteiger partial charge in [-0.2, -0.15) is 8.78 Å². The Balaban J connectivity index is 1.54. The maximum atomic E-state index is 14.4. The first kappa shape index (κ1) is 20.5. The zero-order valence-corrected chi connectivity index (χ0v) is 16.1. The highest BCUT2D eigenvalue weighted by Gasteiger charge is 2.47. The Kier molecular flexibility index (Phi) is 5.08. The monoisotopic (exact) mass is 425 g/mol. The van der Waals surface area contributed by atoms with Crippen LogP contribution in [0.15, 0.2) is 35.4 Å². The lowest BCUT2D eigenvalue weighted by Gasteiger charge is -2.34. The van der Waals surface area contributed by atoms with E-state index in [2.05, 4.69) is 26.9 Å². The van der Waals surface area contributed by atoms with Crippen LogP contribution in [0.3, 0.4) is 0 Å². The van der Waals surface area contributed by atoms with E-state index in [1.54, 1.807) is 13.0 Å². The minimum atomic E-state index is -3.57. The molecule has 0 aliphatic heterocycles. The molecule has 0 saturated heterocycles. The fraction of sp³-hybridized carbons (Fsp3) is 0.474. The fourth-order valence-corrected chi connectivity index (χ4v) is 2.92. The molecule has 0 atom stereocenters. The summed E-state index contributed by atoms with van der Waals surface area (Å²) >= 11 is 0. The zero-order valence-electron chi connectivity index (χ0n) is 16.1. The van der Waals surface area contributed by atoms with Crippen molar-refractivity contribution in [2.75, 3.05) is 0 Å². The highest BCUT2D eigenvalue weighted by Crippen LogP contribution is 2.40. The van der Waals surface area contributed by atoms with Crippen LogP contribution in [0.4, 0.5) is 17.6 Å². The second-order valence-corrected chi connectivity index (χ2v) is 7.38. The number of hydrogen-bond donors (Lipinski definition) is 0. The van der Waals surface area contributed by atoms with Crippen LogP contribution in [0.25, 0.3) is 11.2 Å². The summed E-state index contributed by atoms with van der Waals surface area (Å²) in [6, 6.07) is 0.